The van der Waals surface area contributed by atoms with Gasteiger partial charge in [0.25, 0.3) is 0 Å². The molecule has 5 nitrogen and oxygen atoms in total. The van der Waals surface area contributed by atoms with Crippen LogP contribution in [0.15, 0.2) is 24.3 Å². The van der Waals surface area contributed by atoms with Crippen LogP contribution in [0.5, 0.6) is 5.75 Å². The molecule has 1 saturated heterocycles. The molecule has 1 heterocycles. The van der Waals surface area contributed by atoms with Crippen LogP contribution in [0.1, 0.15) is 57.1 Å². The quantitative estimate of drug-likeness (QED) is 0.614. The molecule has 0 radical (unpaired) electrons. The lowest BCUT2D eigenvalue weighted by molar-refractivity contribution is -0.137. The van der Waals surface area contributed by atoms with E-state index in [0.29, 0.717) is 13.0 Å². The normalized spacial score (nSPS) is 18.2. The van der Waals surface area contributed by atoms with Crippen molar-refractivity contribution in [1.29, 1.82) is 0 Å². The van der Waals surface area contributed by atoms with Gasteiger partial charge in [0.2, 0.25) is 0 Å². The first-order chi connectivity index (χ1) is 12.2. The number of carboxylic acids is 1. The second-order valence-electron chi connectivity index (χ2n) is 6.64. The Hall–Kier alpha value is -1.59. The molecule has 25 heavy (non-hydrogen) atoms. The summed E-state index contributed by atoms with van der Waals surface area (Å²) < 4.78 is 11.7. The van der Waals surface area contributed by atoms with Crippen LogP contribution in [-0.2, 0) is 9.53 Å². The number of morpholine rings is 1. The van der Waals surface area contributed by atoms with Crippen LogP contribution in [0.25, 0.3) is 0 Å². The molecule has 140 valence electrons. The Morgan fingerprint density at radius 2 is 2.04 bits per heavy atom. The lowest BCUT2D eigenvalue weighted by Gasteiger charge is -2.33. The van der Waals surface area contributed by atoms with E-state index in [4.69, 9.17) is 14.6 Å². The van der Waals surface area contributed by atoms with E-state index < -0.39 is 5.97 Å². The lowest BCUT2D eigenvalue weighted by Crippen LogP contribution is -2.38. The van der Waals surface area contributed by atoms with Crippen molar-refractivity contribution in [2.75, 3.05) is 32.8 Å². The molecule has 5 heteroatoms. The van der Waals surface area contributed by atoms with Crippen molar-refractivity contribution in [2.24, 2.45) is 0 Å². The van der Waals surface area contributed by atoms with E-state index >= 15 is 0 Å². The first kappa shape index (κ1) is 19.7. The van der Waals surface area contributed by atoms with Crippen LogP contribution in [0.3, 0.4) is 0 Å². The standard InChI is InChI=1S/C20H31NO4/c1-2-3-4-5-14-24-18-10-8-17(9-11-18)19-16-21(13-15-25-19)12-6-7-20(22)23/h8-11,19H,2-7,12-16H2,1H3,(H,22,23)/t19-/m1/s1. The summed E-state index contributed by atoms with van der Waals surface area (Å²) in [6.07, 6.45) is 5.80. The largest absolute Gasteiger partial charge is 0.494 e. The molecule has 1 aliphatic heterocycles. The van der Waals surface area contributed by atoms with Crippen molar-refractivity contribution < 1.29 is 19.4 Å². The lowest BCUT2D eigenvalue weighted by atomic mass is 10.1. The van der Waals surface area contributed by atoms with Crippen LogP contribution >= 0.6 is 0 Å². The zero-order valence-electron chi connectivity index (χ0n) is 15.3. The maximum absolute atomic E-state index is 10.6. The van der Waals surface area contributed by atoms with Crippen LogP contribution < -0.4 is 4.74 Å². The minimum Gasteiger partial charge on any atom is -0.494 e. The Morgan fingerprint density at radius 1 is 1.24 bits per heavy atom. The number of benzene rings is 1. The zero-order valence-corrected chi connectivity index (χ0v) is 15.3. The van der Waals surface area contributed by atoms with Crippen molar-refractivity contribution in [2.45, 2.75) is 51.6 Å². The Morgan fingerprint density at radius 3 is 2.76 bits per heavy atom. The molecule has 0 aliphatic carbocycles. The predicted octanol–water partition coefficient (Wildman–Crippen LogP) is 3.88. The van der Waals surface area contributed by atoms with Gasteiger partial charge in [0.15, 0.2) is 0 Å². The van der Waals surface area contributed by atoms with Crippen molar-refractivity contribution >= 4 is 5.97 Å². The number of hydrogen-bond donors (Lipinski definition) is 1. The molecule has 2 rings (SSSR count). The molecular formula is C20H31NO4. The predicted molar refractivity (Wildman–Crippen MR) is 98.1 cm³/mol. The third-order valence-electron chi connectivity index (χ3n) is 4.53. The number of nitrogens with zero attached hydrogens (tertiary/aromatic N) is 1. The SMILES string of the molecule is CCCCCCOc1ccc([C@H]2CN(CCCC(=O)O)CCO2)cc1. The maximum atomic E-state index is 10.6. The fraction of sp³-hybridized carbons (Fsp3) is 0.650. The number of aliphatic carboxylic acids is 1. The highest BCUT2D eigenvalue weighted by molar-refractivity contribution is 5.66. The van der Waals surface area contributed by atoms with Gasteiger partial charge in [-0.05, 0) is 37.1 Å². The van der Waals surface area contributed by atoms with Gasteiger partial charge in [-0.25, -0.2) is 0 Å². The Labute approximate surface area is 150 Å². The first-order valence-corrected chi connectivity index (χ1v) is 9.47. The van der Waals surface area contributed by atoms with Gasteiger partial charge in [0.1, 0.15) is 5.75 Å². The summed E-state index contributed by atoms with van der Waals surface area (Å²) in [5.74, 6) is 0.185. The molecule has 0 saturated carbocycles. The highest BCUT2D eigenvalue weighted by Gasteiger charge is 2.21. The van der Waals surface area contributed by atoms with Crippen LogP contribution in [0.4, 0.5) is 0 Å². The van der Waals surface area contributed by atoms with Gasteiger partial charge in [-0.1, -0.05) is 38.3 Å². The third kappa shape index (κ3) is 7.45. The highest BCUT2D eigenvalue weighted by Crippen LogP contribution is 2.24. The van der Waals surface area contributed by atoms with Crippen molar-refractivity contribution in [1.82, 2.24) is 4.90 Å². The fourth-order valence-corrected chi connectivity index (χ4v) is 3.06. The van der Waals surface area contributed by atoms with E-state index in [2.05, 4.69) is 24.0 Å². The molecule has 1 aliphatic rings. The van der Waals surface area contributed by atoms with Gasteiger partial charge in [-0.3, -0.25) is 9.69 Å². The smallest absolute Gasteiger partial charge is 0.303 e. The minimum absolute atomic E-state index is 0.0529. The summed E-state index contributed by atoms with van der Waals surface area (Å²) >= 11 is 0. The highest BCUT2D eigenvalue weighted by atomic mass is 16.5. The summed E-state index contributed by atoms with van der Waals surface area (Å²) in [6.45, 7) is 6.17. The number of unbranched alkanes of at least 4 members (excludes halogenated alkanes) is 3. The summed E-state index contributed by atoms with van der Waals surface area (Å²) in [4.78, 5) is 12.9. The molecule has 1 N–H and O–H groups in total. The van der Waals surface area contributed by atoms with Gasteiger partial charge in [0, 0.05) is 19.5 Å². The molecule has 1 atom stereocenters. The minimum atomic E-state index is -0.727. The monoisotopic (exact) mass is 349 g/mol. The number of ether oxygens (including phenoxy) is 2. The molecular weight excluding hydrogens is 318 g/mol. The summed E-state index contributed by atoms with van der Waals surface area (Å²) in [5.41, 5.74) is 1.15. The average molecular weight is 349 g/mol. The van der Waals surface area contributed by atoms with Crippen LogP contribution in [-0.4, -0.2) is 48.8 Å². The molecule has 1 aromatic carbocycles. The summed E-state index contributed by atoms with van der Waals surface area (Å²) in [5, 5.41) is 8.75. The number of carboxylic acid groups (broad SMARTS) is 1. The topological polar surface area (TPSA) is 59.0 Å². The van der Waals surface area contributed by atoms with E-state index in [9.17, 15) is 4.79 Å². The second-order valence-corrected chi connectivity index (χ2v) is 6.64. The number of carbonyl (C=O) groups is 1. The van der Waals surface area contributed by atoms with E-state index in [1.54, 1.807) is 0 Å². The van der Waals surface area contributed by atoms with Gasteiger partial charge in [0.05, 0.1) is 19.3 Å². The Bertz CT molecular complexity index is 503. The number of hydrogen-bond acceptors (Lipinski definition) is 4. The second kappa shape index (κ2) is 11.1. The number of rotatable bonds is 11. The van der Waals surface area contributed by atoms with Crippen molar-refractivity contribution in [3.05, 3.63) is 29.8 Å². The zero-order chi connectivity index (χ0) is 17.9. The molecule has 0 unspecified atom stereocenters. The molecule has 0 spiro atoms. The van der Waals surface area contributed by atoms with E-state index in [0.717, 1.165) is 44.0 Å². The maximum Gasteiger partial charge on any atom is 0.303 e. The Balaban J connectivity index is 1.75. The fourth-order valence-electron chi connectivity index (χ4n) is 3.06. The van der Waals surface area contributed by atoms with Crippen molar-refractivity contribution in [3.63, 3.8) is 0 Å². The molecule has 0 bridgehead atoms. The molecule has 0 amide bonds. The van der Waals surface area contributed by atoms with Crippen LogP contribution in [0, 0.1) is 0 Å². The summed E-state index contributed by atoms with van der Waals surface area (Å²) in [7, 11) is 0. The average Bonchev–Trinajstić information content (AvgIpc) is 2.62. The third-order valence-corrected chi connectivity index (χ3v) is 4.53. The van der Waals surface area contributed by atoms with Gasteiger partial charge in [-0.2, -0.15) is 0 Å². The van der Waals surface area contributed by atoms with Gasteiger partial charge in [-0.15, -0.1) is 0 Å². The van der Waals surface area contributed by atoms with Gasteiger partial charge < -0.3 is 14.6 Å². The van der Waals surface area contributed by atoms with E-state index in [1.807, 2.05) is 12.1 Å². The van der Waals surface area contributed by atoms with Crippen molar-refractivity contribution in [3.8, 4) is 5.75 Å². The Kier molecular flexibility index (Phi) is 8.77. The van der Waals surface area contributed by atoms with Crippen LogP contribution in [0.2, 0.25) is 0 Å². The summed E-state index contributed by atoms with van der Waals surface area (Å²) in [6, 6.07) is 8.18. The first-order valence-electron chi connectivity index (χ1n) is 9.47. The molecule has 1 fully saturated rings. The van der Waals surface area contributed by atoms with E-state index in [-0.39, 0.29) is 12.5 Å². The van der Waals surface area contributed by atoms with Gasteiger partial charge >= 0.3 is 5.97 Å². The van der Waals surface area contributed by atoms with E-state index in [1.165, 1.54) is 19.3 Å². The molecule has 1 aromatic rings. The molecule has 0 aromatic heterocycles.